The Balaban J connectivity index is 1.94. The van der Waals surface area contributed by atoms with Crippen LogP contribution < -0.4 is 5.56 Å². The molecule has 1 N–H and O–H groups in total. The summed E-state index contributed by atoms with van der Waals surface area (Å²) in [4.78, 5) is 36.4. The number of fused-ring (bicyclic) bond motifs is 1. The molecule has 0 saturated heterocycles. The first-order valence-electron chi connectivity index (χ1n) is 8.10. The first kappa shape index (κ1) is 19.0. The molecule has 0 unspecified atom stereocenters. The highest BCUT2D eigenvalue weighted by Gasteiger charge is 2.28. The number of aromatic amines is 1. The minimum absolute atomic E-state index is 0.0895. The zero-order valence-corrected chi connectivity index (χ0v) is 15.0. The maximum atomic E-state index is 13.0. The third kappa shape index (κ3) is 3.97. The number of nitrogens with one attached hydrogen (secondary N) is 1. The lowest BCUT2D eigenvalue weighted by Gasteiger charge is -2.20. The van der Waals surface area contributed by atoms with E-state index in [0.717, 1.165) is 6.39 Å². The number of carbonyl (C=O) groups is 1. The van der Waals surface area contributed by atoms with Gasteiger partial charge in [0, 0.05) is 11.6 Å². The van der Waals surface area contributed by atoms with Crippen molar-refractivity contribution in [3.63, 3.8) is 0 Å². The van der Waals surface area contributed by atoms with Gasteiger partial charge in [-0.05, 0) is 24.6 Å². The quantitative estimate of drug-likeness (QED) is 0.687. The zero-order chi connectivity index (χ0) is 19.6. The van der Waals surface area contributed by atoms with Crippen LogP contribution in [0, 0.1) is 0 Å². The maximum Gasteiger partial charge on any atom is 0.292 e. The van der Waals surface area contributed by atoms with E-state index in [-0.39, 0.29) is 24.5 Å². The van der Waals surface area contributed by atoms with Gasteiger partial charge in [-0.25, -0.2) is 18.7 Å². The lowest BCUT2D eigenvalue weighted by molar-refractivity contribution is 0.0690. The van der Waals surface area contributed by atoms with E-state index >= 15 is 0 Å². The van der Waals surface area contributed by atoms with Crippen molar-refractivity contribution in [1.29, 1.82) is 0 Å². The van der Waals surface area contributed by atoms with Crippen LogP contribution >= 0.6 is 11.6 Å². The molecule has 2 heterocycles. The van der Waals surface area contributed by atoms with Crippen LogP contribution in [0.25, 0.3) is 10.9 Å². The Morgan fingerprint density at radius 1 is 1.41 bits per heavy atom. The van der Waals surface area contributed by atoms with Crippen LogP contribution in [-0.4, -0.2) is 32.3 Å². The second-order valence-corrected chi connectivity index (χ2v) is 6.20. The van der Waals surface area contributed by atoms with Crippen molar-refractivity contribution >= 4 is 28.4 Å². The van der Waals surface area contributed by atoms with E-state index in [0.29, 0.717) is 22.3 Å². The molecular weight excluding hydrogens is 382 g/mol. The van der Waals surface area contributed by atoms with E-state index in [1.165, 1.54) is 11.0 Å². The van der Waals surface area contributed by atoms with Crippen LogP contribution in [0.5, 0.6) is 0 Å². The highest BCUT2D eigenvalue weighted by Crippen LogP contribution is 2.23. The predicted octanol–water partition coefficient (Wildman–Crippen LogP) is 3.55. The highest BCUT2D eigenvalue weighted by atomic mass is 35.5. The van der Waals surface area contributed by atoms with E-state index in [1.807, 2.05) is 6.92 Å². The summed E-state index contributed by atoms with van der Waals surface area (Å²) in [5.74, 6) is -1.07. The van der Waals surface area contributed by atoms with Gasteiger partial charge < -0.3 is 14.3 Å². The standard InChI is InChI=1S/C17H15ClF2N4O3/c1-2-5-24(17(26)14-13(15(19)20)21-8-27-14)7-12-22-11-6-9(18)3-4-10(11)16(25)23-12/h3-4,6,8,15H,2,5,7H2,1H3,(H,22,23,25). The lowest BCUT2D eigenvalue weighted by atomic mass is 10.2. The Morgan fingerprint density at radius 2 is 2.19 bits per heavy atom. The van der Waals surface area contributed by atoms with Crippen LogP contribution in [-0.2, 0) is 6.54 Å². The van der Waals surface area contributed by atoms with Gasteiger partial charge in [-0.3, -0.25) is 9.59 Å². The summed E-state index contributed by atoms with van der Waals surface area (Å²) in [7, 11) is 0. The van der Waals surface area contributed by atoms with Crippen LogP contribution in [0.1, 0.15) is 41.8 Å². The fourth-order valence-corrected chi connectivity index (χ4v) is 2.82. The SMILES string of the molecule is CCCN(Cc1nc2cc(Cl)ccc2c(=O)[nH]1)C(=O)c1ocnc1C(F)F. The summed E-state index contributed by atoms with van der Waals surface area (Å²) in [5, 5.41) is 0.767. The summed E-state index contributed by atoms with van der Waals surface area (Å²) >= 11 is 5.94. The molecule has 1 amide bonds. The first-order valence-corrected chi connectivity index (χ1v) is 8.47. The molecule has 2 aromatic heterocycles. The molecule has 0 atom stereocenters. The molecule has 0 aliphatic rings. The number of halogens is 3. The van der Waals surface area contributed by atoms with Crippen molar-refractivity contribution in [1.82, 2.24) is 19.9 Å². The van der Waals surface area contributed by atoms with Gasteiger partial charge in [-0.2, -0.15) is 0 Å². The molecule has 1 aromatic carbocycles. The second-order valence-electron chi connectivity index (χ2n) is 5.77. The third-order valence-electron chi connectivity index (χ3n) is 3.83. The van der Waals surface area contributed by atoms with Gasteiger partial charge in [0.2, 0.25) is 5.76 Å². The van der Waals surface area contributed by atoms with Crippen molar-refractivity contribution in [3.8, 4) is 0 Å². The smallest absolute Gasteiger partial charge is 0.292 e. The van der Waals surface area contributed by atoms with Crippen molar-refractivity contribution < 1.29 is 18.0 Å². The Bertz CT molecular complexity index is 1030. The van der Waals surface area contributed by atoms with E-state index in [1.54, 1.807) is 12.1 Å². The minimum atomic E-state index is -2.94. The normalized spacial score (nSPS) is 11.3. The molecule has 142 valence electrons. The Kier molecular flexibility index (Phi) is 5.50. The number of amides is 1. The topological polar surface area (TPSA) is 92.1 Å². The summed E-state index contributed by atoms with van der Waals surface area (Å²) in [6.07, 6.45) is -1.57. The van der Waals surface area contributed by atoms with Crippen molar-refractivity contribution in [2.45, 2.75) is 26.3 Å². The lowest BCUT2D eigenvalue weighted by Crippen LogP contribution is -2.33. The van der Waals surface area contributed by atoms with Crippen molar-refractivity contribution in [2.75, 3.05) is 6.54 Å². The molecule has 0 fully saturated rings. The Hall–Kier alpha value is -2.81. The zero-order valence-electron chi connectivity index (χ0n) is 14.2. The van der Waals surface area contributed by atoms with E-state index in [2.05, 4.69) is 15.0 Å². The Labute approximate surface area is 157 Å². The van der Waals surface area contributed by atoms with E-state index < -0.39 is 23.8 Å². The second kappa shape index (κ2) is 7.83. The molecule has 7 nitrogen and oxygen atoms in total. The summed E-state index contributed by atoms with van der Waals surface area (Å²) < 4.78 is 30.9. The monoisotopic (exact) mass is 396 g/mol. The fourth-order valence-electron chi connectivity index (χ4n) is 2.65. The molecule has 0 aliphatic heterocycles. The largest absolute Gasteiger partial charge is 0.438 e. The Morgan fingerprint density at radius 3 is 2.89 bits per heavy atom. The molecule has 3 rings (SSSR count). The molecule has 0 aliphatic carbocycles. The van der Waals surface area contributed by atoms with Crippen molar-refractivity contribution in [2.24, 2.45) is 0 Å². The minimum Gasteiger partial charge on any atom is -0.438 e. The summed E-state index contributed by atoms with van der Waals surface area (Å²) in [5.41, 5.74) is -0.727. The molecular formula is C17H15ClF2N4O3. The number of benzene rings is 1. The first-order chi connectivity index (χ1) is 12.9. The average molecular weight is 397 g/mol. The number of hydrogen-bond acceptors (Lipinski definition) is 5. The number of alkyl halides is 2. The summed E-state index contributed by atoms with van der Waals surface area (Å²) in [6.45, 7) is 1.98. The highest BCUT2D eigenvalue weighted by molar-refractivity contribution is 6.31. The van der Waals surface area contributed by atoms with Gasteiger partial charge in [0.1, 0.15) is 5.82 Å². The number of oxazole rings is 1. The number of H-pyrrole nitrogens is 1. The van der Waals surface area contributed by atoms with Crippen LogP contribution in [0.15, 0.2) is 33.8 Å². The molecule has 0 spiro atoms. The number of hydrogen-bond donors (Lipinski definition) is 1. The van der Waals surface area contributed by atoms with Gasteiger partial charge in [0.25, 0.3) is 17.9 Å². The van der Waals surface area contributed by atoms with Crippen LogP contribution in [0.2, 0.25) is 5.02 Å². The number of rotatable bonds is 6. The molecule has 0 radical (unpaired) electrons. The predicted molar refractivity (Wildman–Crippen MR) is 93.9 cm³/mol. The molecule has 27 heavy (non-hydrogen) atoms. The molecule has 0 bridgehead atoms. The average Bonchev–Trinajstić information content (AvgIpc) is 3.10. The van der Waals surface area contributed by atoms with Crippen LogP contribution in [0.3, 0.4) is 0 Å². The number of aromatic nitrogens is 3. The summed E-state index contributed by atoms with van der Waals surface area (Å²) in [6, 6.07) is 4.65. The van der Waals surface area contributed by atoms with E-state index in [9.17, 15) is 18.4 Å². The van der Waals surface area contributed by atoms with Gasteiger partial charge >= 0.3 is 0 Å². The fraction of sp³-hybridized carbons (Fsp3) is 0.294. The van der Waals surface area contributed by atoms with Crippen molar-refractivity contribution in [3.05, 3.63) is 57.2 Å². The van der Waals surface area contributed by atoms with Gasteiger partial charge in [-0.1, -0.05) is 18.5 Å². The van der Waals surface area contributed by atoms with E-state index in [4.69, 9.17) is 16.0 Å². The maximum absolute atomic E-state index is 13.0. The van der Waals surface area contributed by atoms with Gasteiger partial charge in [0.05, 0.1) is 17.4 Å². The number of nitrogens with zero attached hydrogens (tertiary/aromatic N) is 3. The molecule has 3 aromatic rings. The van der Waals surface area contributed by atoms with Crippen LogP contribution in [0.4, 0.5) is 8.78 Å². The number of carbonyl (C=O) groups excluding carboxylic acids is 1. The third-order valence-corrected chi connectivity index (χ3v) is 4.07. The van der Waals surface area contributed by atoms with Gasteiger partial charge in [-0.15, -0.1) is 0 Å². The molecule has 0 saturated carbocycles. The van der Waals surface area contributed by atoms with Gasteiger partial charge in [0.15, 0.2) is 12.1 Å². The molecule has 10 heteroatoms.